The molecule has 0 spiro atoms. The first-order valence-corrected chi connectivity index (χ1v) is 6.05. The largest absolute Gasteiger partial charge is 0.375 e. The van der Waals surface area contributed by atoms with Crippen molar-refractivity contribution in [2.24, 2.45) is 7.05 Å². The summed E-state index contributed by atoms with van der Waals surface area (Å²) < 4.78 is 30.4. The van der Waals surface area contributed by atoms with Crippen LogP contribution in [0, 0.1) is 0 Å². The quantitative estimate of drug-likeness (QED) is 0.675. The van der Waals surface area contributed by atoms with Crippen molar-refractivity contribution < 1.29 is 13.5 Å². The summed E-state index contributed by atoms with van der Waals surface area (Å²) >= 11 is 0. The van der Waals surface area contributed by atoms with Crippen LogP contribution in [0.2, 0.25) is 0 Å². The molecule has 1 aromatic heterocycles. The summed E-state index contributed by atoms with van der Waals surface area (Å²) in [5.74, 6) is 0.870. The van der Waals surface area contributed by atoms with Crippen LogP contribution in [0.15, 0.2) is 6.33 Å². The molecule has 0 bridgehead atoms. The van der Waals surface area contributed by atoms with Gasteiger partial charge in [-0.2, -0.15) is 5.10 Å². The first-order chi connectivity index (χ1) is 8.63. The highest BCUT2D eigenvalue weighted by molar-refractivity contribution is 4.88. The van der Waals surface area contributed by atoms with Crippen LogP contribution in [0.5, 0.6) is 0 Å². The summed E-state index contributed by atoms with van der Waals surface area (Å²) in [5.41, 5.74) is 0. The van der Waals surface area contributed by atoms with E-state index in [1.807, 2.05) is 14.0 Å². The van der Waals surface area contributed by atoms with Gasteiger partial charge in [-0.25, -0.2) is 13.8 Å². The maximum atomic E-state index is 11.9. The number of nitrogens with one attached hydrogen (secondary N) is 1. The number of likely N-dealkylation sites (N-methyl/N-ethyl adjacent to an activating group) is 1. The second-order valence-corrected chi connectivity index (χ2v) is 4.01. The van der Waals surface area contributed by atoms with Crippen LogP contribution in [0.25, 0.3) is 0 Å². The Labute approximate surface area is 106 Å². The zero-order chi connectivity index (χ0) is 13.4. The van der Waals surface area contributed by atoms with Gasteiger partial charge in [0.05, 0.1) is 0 Å². The summed E-state index contributed by atoms with van der Waals surface area (Å²) in [6.07, 6.45) is 0.489. The molecule has 1 rings (SSSR count). The van der Waals surface area contributed by atoms with E-state index >= 15 is 0 Å². The lowest BCUT2D eigenvalue weighted by atomic mass is 10.1. The molecule has 18 heavy (non-hydrogen) atoms. The lowest BCUT2D eigenvalue weighted by molar-refractivity contribution is 0.0144. The Kier molecular flexibility index (Phi) is 6.74. The third-order valence-corrected chi connectivity index (χ3v) is 2.58. The number of halogens is 2. The van der Waals surface area contributed by atoms with Crippen molar-refractivity contribution in [1.82, 2.24) is 20.1 Å². The molecule has 0 saturated heterocycles. The molecule has 0 aromatic carbocycles. The molecule has 0 fully saturated rings. The lowest BCUT2D eigenvalue weighted by Crippen LogP contribution is -2.33. The molecule has 0 aliphatic heterocycles. The van der Waals surface area contributed by atoms with Crippen molar-refractivity contribution in [3.05, 3.63) is 12.2 Å². The second kappa shape index (κ2) is 8.10. The van der Waals surface area contributed by atoms with E-state index in [1.165, 1.54) is 6.33 Å². The highest BCUT2D eigenvalue weighted by atomic mass is 19.3. The van der Waals surface area contributed by atoms with E-state index in [9.17, 15) is 8.78 Å². The smallest absolute Gasteiger partial charge is 0.261 e. The minimum Gasteiger partial charge on any atom is -0.375 e. The number of hydrogen-bond donors (Lipinski definition) is 1. The molecular weight excluding hydrogens is 242 g/mol. The van der Waals surface area contributed by atoms with Gasteiger partial charge in [-0.15, -0.1) is 0 Å². The van der Waals surface area contributed by atoms with Crippen molar-refractivity contribution in [3.63, 3.8) is 0 Å². The van der Waals surface area contributed by atoms with E-state index in [0.717, 1.165) is 12.4 Å². The van der Waals surface area contributed by atoms with Crippen molar-refractivity contribution >= 4 is 0 Å². The third-order valence-electron chi connectivity index (χ3n) is 2.58. The van der Waals surface area contributed by atoms with Crippen LogP contribution in [0.4, 0.5) is 8.78 Å². The minimum atomic E-state index is -2.40. The molecule has 1 atom stereocenters. The lowest BCUT2D eigenvalue weighted by Gasteiger charge is -2.17. The normalized spacial score (nSPS) is 13.2. The predicted octanol–water partition coefficient (Wildman–Crippen LogP) is 1.01. The number of alkyl halides is 2. The Morgan fingerprint density at radius 2 is 2.28 bits per heavy atom. The summed E-state index contributed by atoms with van der Waals surface area (Å²) in [4.78, 5) is 4.15. The van der Waals surface area contributed by atoms with Crippen molar-refractivity contribution in [1.29, 1.82) is 0 Å². The molecule has 0 amide bonds. The number of hydrogen-bond acceptors (Lipinski definition) is 4. The van der Waals surface area contributed by atoms with Crippen LogP contribution in [0.3, 0.4) is 0 Å². The van der Waals surface area contributed by atoms with E-state index in [2.05, 4.69) is 15.4 Å². The van der Waals surface area contributed by atoms with Crippen LogP contribution in [-0.2, 0) is 18.2 Å². The highest BCUT2D eigenvalue weighted by Crippen LogP contribution is 2.03. The Morgan fingerprint density at radius 1 is 1.50 bits per heavy atom. The van der Waals surface area contributed by atoms with Crippen LogP contribution >= 0.6 is 0 Å². The Bertz CT molecular complexity index is 333. The van der Waals surface area contributed by atoms with E-state index in [1.54, 1.807) is 4.68 Å². The first kappa shape index (κ1) is 15.0. The molecule has 1 heterocycles. The van der Waals surface area contributed by atoms with Gasteiger partial charge >= 0.3 is 0 Å². The van der Waals surface area contributed by atoms with Crippen molar-refractivity contribution in [2.45, 2.75) is 32.2 Å². The predicted molar refractivity (Wildman–Crippen MR) is 63.6 cm³/mol. The van der Waals surface area contributed by atoms with Crippen molar-refractivity contribution in [2.75, 3.05) is 19.8 Å². The Balaban J connectivity index is 2.33. The summed E-state index contributed by atoms with van der Waals surface area (Å²) in [6, 6.07) is 0.163. The fraction of sp³-hybridized carbons (Fsp3) is 0.818. The molecule has 0 radical (unpaired) electrons. The average Bonchev–Trinajstić information content (AvgIpc) is 2.70. The van der Waals surface area contributed by atoms with Gasteiger partial charge in [0.2, 0.25) is 0 Å². The van der Waals surface area contributed by atoms with Gasteiger partial charge in [0.1, 0.15) is 18.8 Å². The maximum absolute atomic E-state index is 11.9. The molecule has 1 aromatic rings. The SMILES string of the molecule is CCNC(CCOCC(F)F)Cc1ncnn1C. The van der Waals surface area contributed by atoms with Gasteiger partial charge < -0.3 is 10.1 Å². The number of nitrogens with zero attached hydrogens (tertiary/aromatic N) is 3. The summed E-state index contributed by atoms with van der Waals surface area (Å²) in [6.45, 7) is 2.64. The van der Waals surface area contributed by atoms with Gasteiger partial charge in [0, 0.05) is 26.1 Å². The standard InChI is InChI=1S/C11H20F2N4O/c1-3-14-9(4-5-18-7-10(12)13)6-11-15-8-16-17(11)2/h8-10,14H,3-7H2,1-2H3. The molecule has 7 heteroatoms. The monoisotopic (exact) mass is 262 g/mol. The average molecular weight is 262 g/mol. The highest BCUT2D eigenvalue weighted by Gasteiger charge is 2.12. The molecule has 104 valence electrons. The Hall–Kier alpha value is -1.08. The molecular formula is C11H20F2N4O. The second-order valence-electron chi connectivity index (χ2n) is 4.01. The van der Waals surface area contributed by atoms with Gasteiger partial charge in [0.25, 0.3) is 6.43 Å². The summed E-state index contributed by atoms with van der Waals surface area (Å²) in [5, 5.41) is 7.28. The minimum absolute atomic E-state index is 0.163. The summed E-state index contributed by atoms with van der Waals surface area (Å²) in [7, 11) is 1.83. The van der Waals surface area contributed by atoms with E-state index in [4.69, 9.17) is 4.74 Å². The molecule has 0 aliphatic rings. The number of ether oxygens (including phenoxy) is 1. The van der Waals surface area contributed by atoms with Gasteiger partial charge in [-0.3, -0.25) is 4.68 Å². The number of rotatable bonds is 9. The number of aryl methyl sites for hydroxylation is 1. The molecule has 0 aliphatic carbocycles. The first-order valence-electron chi connectivity index (χ1n) is 6.05. The maximum Gasteiger partial charge on any atom is 0.261 e. The fourth-order valence-electron chi connectivity index (χ4n) is 1.69. The van der Waals surface area contributed by atoms with Crippen LogP contribution in [-0.4, -0.2) is 47.0 Å². The van der Waals surface area contributed by atoms with E-state index in [0.29, 0.717) is 19.4 Å². The molecule has 5 nitrogen and oxygen atoms in total. The van der Waals surface area contributed by atoms with Gasteiger partial charge in [-0.1, -0.05) is 6.92 Å². The molecule has 1 unspecified atom stereocenters. The Morgan fingerprint density at radius 3 is 2.83 bits per heavy atom. The van der Waals surface area contributed by atoms with Crippen LogP contribution in [0.1, 0.15) is 19.2 Å². The van der Waals surface area contributed by atoms with E-state index in [-0.39, 0.29) is 6.04 Å². The van der Waals surface area contributed by atoms with Gasteiger partial charge in [-0.05, 0) is 13.0 Å². The zero-order valence-corrected chi connectivity index (χ0v) is 10.8. The van der Waals surface area contributed by atoms with Crippen molar-refractivity contribution in [3.8, 4) is 0 Å². The number of aromatic nitrogens is 3. The molecule has 1 N–H and O–H groups in total. The molecule has 0 saturated carbocycles. The van der Waals surface area contributed by atoms with E-state index < -0.39 is 13.0 Å². The zero-order valence-electron chi connectivity index (χ0n) is 10.8. The topological polar surface area (TPSA) is 52.0 Å². The fourth-order valence-corrected chi connectivity index (χ4v) is 1.69. The van der Waals surface area contributed by atoms with Crippen LogP contribution < -0.4 is 5.32 Å². The third kappa shape index (κ3) is 5.50. The van der Waals surface area contributed by atoms with Gasteiger partial charge in [0.15, 0.2) is 0 Å².